The van der Waals surface area contributed by atoms with Gasteiger partial charge in [-0.3, -0.25) is 0 Å². The molecule has 0 aromatic heterocycles. The molecule has 69 valence electrons. The van der Waals surface area contributed by atoms with Crippen molar-refractivity contribution in [1.82, 2.24) is 0 Å². The monoisotopic (exact) mass is 173 g/mol. The van der Waals surface area contributed by atoms with Gasteiger partial charge < -0.3 is 0 Å². The standard InChI is InChI=1S/C13H17/c1-4-11(3)13(5-2)12-9-7-6-8-10-12/h6-10,13H,1,3-5H2,2H3. The zero-order valence-electron chi connectivity index (χ0n) is 8.29. The van der Waals surface area contributed by atoms with E-state index in [-0.39, 0.29) is 0 Å². The van der Waals surface area contributed by atoms with Crippen molar-refractivity contribution in [3.8, 4) is 0 Å². The van der Waals surface area contributed by atoms with Gasteiger partial charge in [-0.2, -0.15) is 0 Å². The highest BCUT2D eigenvalue weighted by Crippen LogP contribution is 2.27. The lowest BCUT2D eigenvalue weighted by atomic mass is 9.88. The van der Waals surface area contributed by atoms with Crippen LogP contribution in [0.25, 0.3) is 0 Å². The minimum absolute atomic E-state index is 0.485. The lowest BCUT2D eigenvalue weighted by Gasteiger charge is -2.16. The van der Waals surface area contributed by atoms with E-state index >= 15 is 0 Å². The van der Waals surface area contributed by atoms with Crippen LogP contribution < -0.4 is 0 Å². The molecule has 0 N–H and O–H groups in total. The van der Waals surface area contributed by atoms with Crippen molar-refractivity contribution in [3.05, 3.63) is 55.0 Å². The zero-order chi connectivity index (χ0) is 9.68. The molecule has 0 heterocycles. The van der Waals surface area contributed by atoms with Gasteiger partial charge in [-0.05, 0) is 25.3 Å². The van der Waals surface area contributed by atoms with Crippen LogP contribution in [0.2, 0.25) is 0 Å². The minimum Gasteiger partial charge on any atom is -0.0992 e. The van der Waals surface area contributed by atoms with Crippen molar-refractivity contribution in [2.24, 2.45) is 0 Å². The van der Waals surface area contributed by atoms with Crippen molar-refractivity contribution in [1.29, 1.82) is 0 Å². The van der Waals surface area contributed by atoms with E-state index in [1.165, 1.54) is 11.1 Å². The minimum atomic E-state index is 0.485. The predicted octanol–water partition coefficient (Wildman–Crippen LogP) is 3.96. The molecule has 0 aliphatic rings. The third-order valence-electron chi connectivity index (χ3n) is 2.42. The van der Waals surface area contributed by atoms with Gasteiger partial charge in [-0.1, -0.05) is 49.4 Å². The Morgan fingerprint density at radius 3 is 2.38 bits per heavy atom. The van der Waals surface area contributed by atoms with E-state index in [4.69, 9.17) is 0 Å². The summed E-state index contributed by atoms with van der Waals surface area (Å²) in [7, 11) is 0. The molecule has 1 atom stereocenters. The van der Waals surface area contributed by atoms with Gasteiger partial charge in [0.1, 0.15) is 0 Å². The average molecular weight is 173 g/mol. The molecule has 0 amide bonds. The molecule has 1 radical (unpaired) electrons. The lowest BCUT2D eigenvalue weighted by molar-refractivity contribution is 0.745. The largest absolute Gasteiger partial charge is 0.0992 e. The van der Waals surface area contributed by atoms with Crippen molar-refractivity contribution in [3.63, 3.8) is 0 Å². The molecule has 1 rings (SSSR count). The fourth-order valence-electron chi connectivity index (χ4n) is 1.62. The van der Waals surface area contributed by atoms with Gasteiger partial charge in [0.15, 0.2) is 0 Å². The molecule has 0 saturated carbocycles. The molecule has 0 bridgehead atoms. The Hall–Kier alpha value is -1.04. The summed E-state index contributed by atoms with van der Waals surface area (Å²) in [6.45, 7) is 10.1. The molecular weight excluding hydrogens is 156 g/mol. The Labute approximate surface area is 81.3 Å². The molecule has 1 aromatic rings. The van der Waals surface area contributed by atoms with E-state index in [0.29, 0.717) is 5.92 Å². The molecular formula is C13H17. The highest BCUT2D eigenvalue weighted by Gasteiger charge is 2.10. The molecule has 0 aliphatic heterocycles. The van der Waals surface area contributed by atoms with E-state index in [1.54, 1.807) is 0 Å². The Morgan fingerprint density at radius 2 is 1.92 bits per heavy atom. The van der Waals surface area contributed by atoms with Crippen LogP contribution in [0, 0.1) is 6.92 Å². The number of hydrogen-bond donors (Lipinski definition) is 0. The van der Waals surface area contributed by atoms with Crippen LogP contribution in [-0.2, 0) is 0 Å². The Morgan fingerprint density at radius 1 is 1.31 bits per heavy atom. The first-order valence-corrected chi connectivity index (χ1v) is 4.81. The van der Waals surface area contributed by atoms with Gasteiger partial charge in [0.05, 0.1) is 0 Å². The summed E-state index contributed by atoms with van der Waals surface area (Å²) in [6.07, 6.45) is 1.94. The number of benzene rings is 1. The maximum absolute atomic E-state index is 4.06. The Kier molecular flexibility index (Phi) is 3.75. The molecule has 0 heteroatoms. The number of rotatable bonds is 4. The van der Waals surface area contributed by atoms with Gasteiger partial charge in [-0.25, -0.2) is 0 Å². The van der Waals surface area contributed by atoms with Gasteiger partial charge >= 0.3 is 0 Å². The molecule has 1 unspecified atom stereocenters. The Balaban J connectivity index is 2.85. The van der Waals surface area contributed by atoms with E-state index in [0.717, 1.165) is 12.8 Å². The van der Waals surface area contributed by atoms with Crippen molar-refractivity contribution >= 4 is 0 Å². The molecule has 0 fully saturated rings. The molecule has 1 aromatic carbocycles. The zero-order valence-corrected chi connectivity index (χ0v) is 8.29. The topological polar surface area (TPSA) is 0 Å². The van der Waals surface area contributed by atoms with Gasteiger partial charge in [-0.15, -0.1) is 0 Å². The molecule has 13 heavy (non-hydrogen) atoms. The second kappa shape index (κ2) is 4.86. The Bertz CT molecular complexity index is 259. The van der Waals surface area contributed by atoms with Crippen molar-refractivity contribution < 1.29 is 0 Å². The van der Waals surface area contributed by atoms with Crippen LogP contribution in [0.5, 0.6) is 0 Å². The van der Waals surface area contributed by atoms with Crippen LogP contribution in [0.1, 0.15) is 31.2 Å². The van der Waals surface area contributed by atoms with E-state index in [9.17, 15) is 0 Å². The summed E-state index contributed by atoms with van der Waals surface area (Å²) in [6, 6.07) is 10.5. The third kappa shape index (κ3) is 2.45. The van der Waals surface area contributed by atoms with Gasteiger partial charge in [0.2, 0.25) is 0 Å². The summed E-state index contributed by atoms with van der Waals surface area (Å²) in [5, 5.41) is 0. The number of hydrogen-bond acceptors (Lipinski definition) is 0. The van der Waals surface area contributed by atoms with E-state index < -0.39 is 0 Å². The highest BCUT2D eigenvalue weighted by atomic mass is 14.1. The van der Waals surface area contributed by atoms with Crippen LogP contribution in [-0.4, -0.2) is 0 Å². The van der Waals surface area contributed by atoms with Crippen LogP contribution in [0.15, 0.2) is 42.5 Å². The fourth-order valence-corrected chi connectivity index (χ4v) is 1.62. The quantitative estimate of drug-likeness (QED) is 0.604. The maximum Gasteiger partial charge on any atom is 0.00428 e. The highest BCUT2D eigenvalue weighted by molar-refractivity contribution is 5.27. The van der Waals surface area contributed by atoms with Crippen LogP contribution >= 0.6 is 0 Å². The summed E-state index contributed by atoms with van der Waals surface area (Å²) in [4.78, 5) is 0. The van der Waals surface area contributed by atoms with Crippen LogP contribution in [0.4, 0.5) is 0 Å². The second-order valence-electron chi connectivity index (χ2n) is 3.28. The van der Waals surface area contributed by atoms with Gasteiger partial charge in [0.25, 0.3) is 0 Å². The normalized spacial score (nSPS) is 12.5. The van der Waals surface area contributed by atoms with Crippen molar-refractivity contribution in [2.45, 2.75) is 25.7 Å². The lowest BCUT2D eigenvalue weighted by Crippen LogP contribution is -1.99. The summed E-state index contributed by atoms with van der Waals surface area (Å²) >= 11 is 0. The molecule has 0 spiro atoms. The molecule has 0 saturated heterocycles. The van der Waals surface area contributed by atoms with Crippen LogP contribution in [0.3, 0.4) is 0 Å². The fraction of sp³-hybridized carbons (Fsp3) is 0.308. The molecule has 0 aliphatic carbocycles. The first-order valence-electron chi connectivity index (χ1n) is 4.81. The first-order chi connectivity index (χ1) is 6.29. The second-order valence-corrected chi connectivity index (χ2v) is 3.28. The molecule has 0 nitrogen and oxygen atoms in total. The smallest absolute Gasteiger partial charge is 0.00428 e. The summed E-state index contributed by atoms with van der Waals surface area (Å²) < 4.78 is 0. The predicted molar refractivity (Wildman–Crippen MR) is 58.6 cm³/mol. The van der Waals surface area contributed by atoms with Crippen molar-refractivity contribution in [2.75, 3.05) is 0 Å². The van der Waals surface area contributed by atoms with E-state index in [2.05, 4.69) is 44.7 Å². The maximum atomic E-state index is 4.06. The third-order valence-corrected chi connectivity index (χ3v) is 2.42. The first kappa shape index (κ1) is 10.0. The van der Waals surface area contributed by atoms with E-state index in [1.807, 2.05) is 6.07 Å². The SMILES string of the molecule is [CH2]CC(=C)C(CC)c1ccccc1. The van der Waals surface area contributed by atoms with Gasteiger partial charge in [0, 0.05) is 5.92 Å². The summed E-state index contributed by atoms with van der Waals surface area (Å²) in [5.74, 6) is 0.485. The summed E-state index contributed by atoms with van der Waals surface area (Å²) in [5.41, 5.74) is 2.59. The average Bonchev–Trinajstić information content (AvgIpc) is 2.20. The number of allylic oxidation sites excluding steroid dienone is 1.